The summed E-state index contributed by atoms with van der Waals surface area (Å²) in [5.41, 5.74) is 1.35. The summed E-state index contributed by atoms with van der Waals surface area (Å²) in [7, 11) is 0. The van der Waals surface area contributed by atoms with Gasteiger partial charge in [0.15, 0.2) is 0 Å². The molecule has 3 nitrogen and oxygen atoms in total. The molecule has 1 aromatic carbocycles. The first kappa shape index (κ1) is 14.4. The van der Waals surface area contributed by atoms with Crippen LogP contribution >= 0.6 is 0 Å². The standard InChI is InChI=1S/C17H23N3/c1-3-12-18-16-10-7-11-17(20-16)19-13-14(2)15-8-5-4-6-9-15/h4-11,14H,3,12-13H2,1-2H3,(H2,18,19,20). The van der Waals surface area contributed by atoms with E-state index in [1.165, 1.54) is 5.56 Å². The summed E-state index contributed by atoms with van der Waals surface area (Å²) in [5, 5.41) is 6.71. The van der Waals surface area contributed by atoms with Crippen LogP contribution in [0.2, 0.25) is 0 Å². The highest BCUT2D eigenvalue weighted by Gasteiger charge is 2.05. The van der Waals surface area contributed by atoms with Crippen molar-refractivity contribution >= 4 is 11.6 Å². The van der Waals surface area contributed by atoms with Gasteiger partial charge in [-0.25, -0.2) is 4.98 Å². The number of nitrogens with zero attached hydrogens (tertiary/aromatic N) is 1. The second kappa shape index (κ2) is 7.53. The predicted molar refractivity (Wildman–Crippen MR) is 86.4 cm³/mol. The Hall–Kier alpha value is -2.03. The third-order valence-corrected chi connectivity index (χ3v) is 3.26. The van der Waals surface area contributed by atoms with Gasteiger partial charge in [0.2, 0.25) is 0 Å². The minimum Gasteiger partial charge on any atom is -0.370 e. The Morgan fingerprint density at radius 1 is 0.950 bits per heavy atom. The van der Waals surface area contributed by atoms with E-state index in [9.17, 15) is 0 Å². The number of pyridine rings is 1. The number of benzene rings is 1. The summed E-state index contributed by atoms with van der Waals surface area (Å²) in [6.07, 6.45) is 1.10. The van der Waals surface area contributed by atoms with Gasteiger partial charge in [-0.15, -0.1) is 0 Å². The second-order valence-corrected chi connectivity index (χ2v) is 5.03. The lowest BCUT2D eigenvalue weighted by molar-refractivity contribution is 0.801. The van der Waals surface area contributed by atoms with E-state index in [4.69, 9.17) is 0 Å². The molecule has 0 amide bonds. The average molecular weight is 269 g/mol. The maximum Gasteiger partial charge on any atom is 0.128 e. The number of aromatic nitrogens is 1. The molecule has 1 atom stereocenters. The monoisotopic (exact) mass is 269 g/mol. The van der Waals surface area contributed by atoms with Gasteiger partial charge in [0.25, 0.3) is 0 Å². The average Bonchev–Trinajstić information content (AvgIpc) is 2.52. The fourth-order valence-electron chi connectivity index (χ4n) is 2.04. The van der Waals surface area contributed by atoms with Gasteiger partial charge in [0.1, 0.15) is 11.6 Å². The Morgan fingerprint density at radius 2 is 1.65 bits per heavy atom. The van der Waals surface area contributed by atoms with Crippen LogP contribution < -0.4 is 10.6 Å². The van der Waals surface area contributed by atoms with E-state index in [1.807, 2.05) is 24.3 Å². The summed E-state index contributed by atoms with van der Waals surface area (Å²) in [5.74, 6) is 2.32. The minimum absolute atomic E-state index is 0.463. The Labute approximate surface area is 121 Å². The van der Waals surface area contributed by atoms with Gasteiger partial charge in [-0.2, -0.15) is 0 Å². The molecule has 0 aliphatic heterocycles. The van der Waals surface area contributed by atoms with Crippen LogP contribution in [0.4, 0.5) is 11.6 Å². The molecule has 0 bridgehead atoms. The highest BCUT2D eigenvalue weighted by molar-refractivity contribution is 5.45. The lowest BCUT2D eigenvalue weighted by Crippen LogP contribution is -2.11. The molecule has 1 aromatic heterocycles. The van der Waals surface area contributed by atoms with Gasteiger partial charge in [-0.3, -0.25) is 0 Å². The van der Waals surface area contributed by atoms with Crippen molar-refractivity contribution in [2.45, 2.75) is 26.2 Å². The first-order chi connectivity index (χ1) is 9.79. The molecule has 106 valence electrons. The van der Waals surface area contributed by atoms with Gasteiger partial charge in [0, 0.05) is 13.1 Å². The summed E-state index contributed by atoms with van der Waals surface area (Å²) in [6, 6.07) is 16.6. The van der Waals surface area contributed by atoms with Crippen molar-refractivity contribution in [3.63, 3.8) is 0 Å². The number of anilines is 2. The SMILES string of the molecule is CCCNc1cccc(NCC(C)c2ccccc2)n1. The fraction of sp³-hybridized carbons (Fsp3) is 0.353. The van der Waals surface area contributed by atoms with E-state index < -0.39 is 0 Å². The molecule has 2 aromatic rings. The van der Waals surface area contributed by atoms with Crippen LogP contribution in [0.15, 0.2) is 48.5 Å². The van der Waals surface area contributed by atoms with Crippen molar-refractivity contribution in [3.05, 3.63) is 54.1 Å². The van der Waals surface area contributed by atoms with Gasteiger partial charge >= 0.3 is 0 Å². The third kappa shape index (κ3) is 4.26. The molecule has 1 heterocycles. The molecule has 0 saturated heterocycles. The van der Waals surface area contributed by atoms with E-state index in [0.717, 1.165) is 31.1 Å². The van der Waals surface area contributed by atoms with E-state index in [1.54, 1.807) is 0 Å². The van der Waals surface area contributed by atoms with Crippen LogP contribution in [-0.2, 0) is 0 Å². The summed E-state index contributed by atoms with van der Waals surface area (Å²) >= 11 is 0. The number of nitrogens with one attached hydrogen (secondary N) is 2. The molecule has 3 heteroatoms. The summed E-state index contributed by atoms with van der Waals surface area (Å²) < 4.78 is 0. The minimum atomic E-state index is 0.463. The molecular formula is C17H23N3. The lowest BCUT2D eigenvalue weighted by Gasteiger charge is -2.14. The Balaban J connectivity index is 1.90. The highest BCUT2D eigenvalue weighted by atomic mass is 15.1. The van der Waals surface area contributed by atoms with Crippen molar-refractivity contribution in [1.82, 2.24) is 4.98 Å². The van der Waals surface area contributed by atoms with Crippen LogP contribution in [0, 0.1) is 0 Å². The molecule has 0 radical (unpaired) electrons. The van der Waals surface area contributed by atoms with E-state index in [2.05, 4.69) is 53.7 Å². The molecule has 0 fully saturated rings. The Bertz CT molecular complexity index is 511. The first-order valence-electron chi connectivity index (χ1n) is 7.29. The first-order valence-corrected chi connectivity index (χ1v) is 7.29. The van der Waals surface area contributed by atoms with Crippen LogP contribution in [0.5, 0.6) is 0 Å². The Morgan fingerprint density at radius 3 is 2.35 bits per heavy atom. The zero-order valence-electron chi connectivity index (χ0n) is 12.3. The van der Waals surface area contributed by atoms with Crippen molar-refractivity contribution in [1.29, 1.82) is 0 Å². The highest BCUT2D eigenvalue weighted by Crippen LogP contribution is 2.16. The molecule has 20 heavy (non-hydrogen) atoms. The molecule has 2 N–H and O–H groups in total. The van der Waals surface area contributed by atoms with Crippen LogP contribution in [-0.4, -0.2) is 18.1 Å². The maximum absolute atomic E-state index is 4.55. The van der Waals surface area contributed by atoms with Crippen molar-refractivity contribution < 1.29 is 0 Å². The zero-order chi connectivity index (χ0) is 14.2. The molecule has 0 spiro atoms. The largest absolute Gasteiger partial charge is 0.370 e. The smallest absolute Gasteiger partial charge is 0.128 e. The van der Waals surface area contributed by atoms with Gasteiger partial charge < -0.3 is 10.6 Å². The lowest BCUT2D eigenvalue weighted by atomic mass is 10.0. The number of rotatable bonds is 7. The number of hydrogen-bond acceptors (Lipinski definition) is 3. The quantitative estimate of drug-likeness (QED) is 0.794. The molecule has 0 aliphatic rings. The number of hydrogen-bond donors (Lipinski definition) is 2. The van der Waals surface area contributed by atoms with Crippen molar-refractivity contribution in [2.24, 2.45) is 0 Å². The van der Waals surface area contributed by atoms with Gasteiger partial charge in [0.05, 0.1) is 0 Å². The van der Waals surface area contributed by atoms with Crippen LogP contribution in [0.25, 0.3) is 0 Å². The van der Waals surface area contributed by atoms with Gasteiger partial charge in [-0.1, -0.05) is 50.2 Å². The van der Waals surface area contributed by atoms with Crippen LogP contribution in [0.1, 0.15) is 31.7 Å². The van der Waals surface area contributed by atoms with E-state index >= 15 is 0 Å². The topological polar surface area (TPSA) is 37.0 Å². The maximum atomic E-state index is 4.55. The van der Waals surface area contributed by atoms with E-state index in [0.29, 0.717) is 5.92 Å². The zero-order valence-corrected chi connectivity index (χ0v) is 12.3. The summed E-state index contributed by atoms with van der Waals surface area (Å²) in [4.78, 5) is 4.55. The van der Waals surface area contributed by atoms with Crippen LogP contribution in [0.3, 0.4) is 0 Å². The normalized spacial score (nSPS) is 11.9. The molecule has 2 rings (SSSR count). The molecule has 1 unspecified atom stereocenters. The third-order valence-electron chi connectivity index (χ3n) is 3.26. The molecule has 0 aliphatic carbocycles. The molecule has 0 saturated carbocycles. The summed E-state index contributed by atoms with van der Waals surface area (Å²) in [6.45, 7) is 6.21. The fourth-order valence-corrected chi connectivity index (χ4v) is 2.04. The van der Waals surface area contributed by atoms with E-state index in [-0.39, 0.29) is 0 Å². The second-order valence-electron chi connectivity index (χ2n) is 5.03. The predicted octanol–water partition coefficient (Wildman–Crippen LogP) is 4.12. The van der Waals surface area contributed by atoms with Gasteiger partial charge in [-0.05, 0) is 30.0 Å². The van der Waals surface area contributed by atoms with Crippen molar-refractivity contribution in [2.75, 3.05) is 23.7 Å². The molecular weight excluding hydrogens is 246 g/mol. The Kier molecular flexibility index (Phi) is 5.42. The van der Waals surface area contributed by atoms with Crippen molar-refractivity contribution in [3.8, 4) is 0 Å².